The number of nitrogens with one attached hydrogen (secondary N) is 1. The highest BCUT2D eigenvalue weighted by Crippen LogP contribution is 2.44. The van der Waals surface area contributed by atoms with Crippen LogP contribution in [0.3, 0.4) is 0 Å². The van der Waals surface area contributed by atoms with Crippen molar-refractivity contribution in [2.75, 3.05) is 12.4 Å². The molecule has 2 fully saturated rings. The molecule has 1 aromatic heterocycles. The van der Waals surface area contributed by atoms with Crippen molar-refractivity contribution in [1.82, 2.24) is 20.1 Å². The van der Waals surface area contributed by atoms with Gasteiger partial charge in [0.15, 0.2) is 11.0 Å². The predicted molar refractivity (Wildman–Crippen MR) is 126 cm³/mol. The van der Waals surface area contributed by atoms with Crippen molar-refractivity contribution in [2.45, 2.75) is 43.8 Å². The van der Waals surface area contributed by atoms with Gasteiger partial charge in [0.05, 0.1) is 18.0 Å². The third kappa shape index (κ3) is 5.05. The number of carbonyl (C=O) groups excluding carboxylic acids is 1. The number of hydrogen-bond acceptors (Lipinski definition) is 5. The van der Waals surface area contributed by atoms with Gasteiger partial charge in [0.1, 0.15) is 11.6 Å². The van der Waals surface area contributed by atoms with Crippen molar-refractivity contribution in [2.24, 2.45) is 11.8 Å². The van der Waals surface area contributed by atoms with Gasteiger partial charge in [-0.15, -0.1) is 10.2 Å². The van der Waals surface area contributed by atoms with E-state index in [0.717, 1.165) is 11.3 Å². The Morgan fingerprint density at radius 1 is 1.12 bits per heavy atom. The van der Waals surface area contributed by atoms with E-state index in [2.05, 4.69) is 15.5 Å². The smallest absolute Gasteiger partial charge is 0.230 e. The number of ether oxygens (including phenoxy) is 1. The monoisotopic (exact) mass is 466 g/mol. The molecular formula is C25H27FN4O2S. The maximum atomic E-state index is 14.8. The molecule has 2 saturated carbocycles. The van der Waals surface area contributed by atoms with E-state index < -0.39 is 0 Å². The number of aromatic nitrogens is 3. The third-order valence-corrected chi connectivity index (χ3v) is 7.00. The van der Waals surface area contributed by atoms with E-state index in [1.54, 1.807) is 22.8 Å². The molecule has 1 amide bonds. The van der Waals surface area contributed by atoms with Gasteiger partial charge >= 0.3 is 0 Å². The molecule has 0 saturated heterocycles. The fourth-order valence-electron chi connectivity index (χ4n) is 4.16. The van der Waals surface area contributed by atoms with Gasteiger partial charge < -0.3 is 10.1 Å². The molecule has 6 nitrogen and oxygen atoms in total. The first-order valence-corrected chi connectivity index (χ1v) is 12.5. The number of carbonyl (C=O) groups is 1. The van der Waals surface area contributed by atoms with E-state index in [4.69, 9.17) is 4.74 Å². The van der Waals surface area contributed by atoms with Crippen LogP contribution in [0.25, 0.3) is 17.1 Å². The first kappa shape index (κ1) is 21.9. The summed E-state index contributed by atoms with van der Waals surface area (Å²) in [6.45, 7) is 2.51. The lowest BCUT2D eigenvalue weighted by molar-refractivity contribution is -0.119. The molecule has 2 aliphatic rings. The SMILES string of the molecule is CCOc1ccc(-c2nnc(SCC(=O)NC(C3CC3)C3CC3)n2-c2ccccc2F)cc1. The summed E-state index contributed by atoms with van der Waals surface area (Å²) in [6.07, 6.45) is 4.84. The molecule has 2 aromatic carbocycles. The minimum absolute atomic E-state index is 0.00509. The summed E-state index contributed by atoms with van der Waals surface area (Å²) in [7, 11) is 0. The number of rotatable bonds is 10. The molecule has 0 spiro atoms. The van der Waals surface area contributed by atoms with Gasteiger partial charge in [0, 0.05) is 11.6 Å². The first-order valence-electron chi connectivity index (χ1n) is 11.5. The second-order valence-electron chi connectivity index (χ2n) is 8.61. The van der Waals surface area contributed by atoms with Crippen LogP contribution < -0.4 is 10.1 Å². The molecular weight excluding hydrogens is 439 g/mol. The molecule has 2 aliphatic carbocycles. The highest BCUT2D eigenvalue weighted by atomic mass is 32.2. The van der Waals surface area contributed by atoms with Crippen LogP contribution in [-0.2, 0) is 4.79 Å². The van der Waals surface area contributed by atoms with Crippen LogP contribution in [0.1, 0.15) is 32.6 Å². The summed E-state index contributed by atoms with van der Waals surface area (Å²) in [5.41, 5.74) is 1.14. The molecule has 0 aliphatic heterocycles. The van der Waals surface area contributed by atoms with Crippen LogP contribution >= 0.6 is 11.8 Å². The van der Waals surface area contributed by atoms with Gasteiger partial charge in [-0.1, -0.05) is 23.9 Å². The predicted octanol–water partition coefficient (Wildman–Crippen LogP) is 4.87. The Bertz CT molecular complexity index is 1110. The largest absolute Gasteiger partial charge is 0.494 e. The van der Waals surface area contributed by atoms with Crippen LogP contribution in [0.5, 0.6) is 5.75 Å². The Hall–Kier alpha value is -2.87. The Morgan fingerprint density at radius 3 is 2.45 bits per heavy atom. The summed E-state index contributed by atoms with van der Waals surface area (Å²) in [5.74, 6) is 2.38. The highest BCUT2D eigenvalue weighted by Gasteiger charge is 2.42. The van der Waals surface area contributed by atoms with E-state index >= 15 is 0 Å². The van der Waals surface area contributed by atoms with E-state index in [-0.39, 0.29) is 17.5 Å². The van der Waals surface area contributed by atoms with Crippen molar-refractivity contribution in [3.63, 3.8) is 0 Å². The van der Waals surface area contributed by atoms with Crippen LogP contribution in [0.15, 0.2) is 53.7 Å². The molecule has 5 rings (SSSR count). The number of nitrogens with zero attached hydrogens (tertiary/aromatic N) is 3. The molecule has 172 valence electrons. The van der Waals surface area contributed by atoms with E-state index in [1.807, 2.05) is 31.2 Å². The number of thioether (sulfide) groups is 1. The number of para-hydroxylation sites is 1. The van der Waals surface area contributed by atoms with E-state index in [0.29, 0.717) is 41.2 Å². The topological polar surface area (TPSA) is 69.0 Å². The number of benzene rings is 2. The molecule has 33 heavy (non-hydrogen) atoms. The summed E-state index contributed by atoms with van der Waals surface area (Å²) in [4.78, 5) is 12.7. The lowest BCUT2D eigenvalue weighted by Crippen LogP contribution is -2.39. The minimum Gasteiger partial charge on any atom is -0.494 e. The quantitative estimate of drug-likeness (QED) is 0.432. The van der Waals surface area contributed by atoms with Crippen LogP contribution in [-0.4, -0.2) is 39.1 Å². The van der Waals surface area contributed by atoms with E-state index in [9.17, 15) is 9.18 Å². The van der Waals surface area contributed by atoms with Crippen molar-refractivity contribution in [3.05, 3.63) is 54.3 Å². The zero-order valence-corrected chi connectivity index (χ0v) is 19.4. The second kappa shape index (κ2) is 9.55. The summed E-state index contributed by atoms with van der Waals surface area (Å²) in [5, 5.41) is 12.4. The maximum absolute atomic E-state index is 14.8. The van der Waals surface area contributed by atoms with Gasteiger partial charge in [0.25, 0.3) is 0 Å². The van der Waals surface area contributed by atoms with Crippen molar-refractivity contribution >= 4 is 17.7 Å². The highest BCUT2D eigenvalue weighted by molar-refractivity contribution is 7.99. The number of amides is 1. The molecule has 0 radical (unpaired) electrons. The fraction of sp³-hybridized carbons (Fsp3) is 0.400. The van der Waals surface area contributed by atoms with Gasteiger partial charge in [0.2, 0.25) is 5.91 Å². The standard InChI is InChI=1S/C25H27FN4O2S/c1-2-32-19-13-11-18(12-14-19)24-28-29-25(30(24)21-6-4-3-5-20(21)26)33-15-22(31)27-23(16-7-8-16)17-9-10-17/h3-6,11-14,16-17,23H,2,7-10,15H2,1H3,(H,27,31). The molecule has 0 bridgehead atoms. The zero-order chi connectivity index (χ0) is 22.8. The van der Waals surface area contributed by atoms with Crippen LogP contribution in [0.4, 0.5) is 4.39 Å². The number of halogens is 1. The average molecular weight is 467 g/mol. The zero-order valence-electron chi connectivity index (χ0n) is 18.5. The van der Waals surface area contributed by atoms with Gasteiger partial charge in [-0.25, -0.2) is 4.39 Å². The Balaban J connectivity index is 1.38. The van der Waals surface area contributed by atoms with Crippen molar-refractivity contribution in [3.8, 4) is 22.8 Å². The Kier molecular flexibility index (Phi) is 6.35. The molecule has 0 unspecified atom stereocenters. The molecule has 1 N–H and O–H groups in total. The van der Waals surface area contributed by atoms with Crippen molar-refractivity contribution in [1.29, 1.82) is 0 Å². The second-order valence-corrected chi connectivity index (χ2v) is 9.55. The first-order chi connectivity index (χ1) is 16.1. The maximum Gasteiger partial charge on any atom is 0.230 e. The van der Waals surface area contributed by atoms with Crippen molar-refractivity contribution < 1.29 is 13.9 Å². The van der Waals surface area contributed by atoms with E-state index in [1.165, 1.54) is 43.5 Å². The minimum atomic E-state index is -0.377. The van der Waals surface area contributed by atoms with Gasteiger partial charge in [-0.2, -0.15) is 0 Å². The summed E-state index contributed by atoms with van der Waals surface area (Å²) < 4.78 is 22.0. The molecule has 3 aromatic rings. The molecule has 1 heterocycles. The average Bonchev–Trinajstić information content (AvgIpc) is 3.75. The molecule has 8 heteroatoms. The summed E-state index contributed by atoms with van der Waals surface area (Å²) in [6, 6.07) is 14.3. The lowest BCUT2D eigenvalue weighted by Gasteiger charge is -2.17. The lowest BCUT2D eigenvalue weighted by atomic mass is 10.1. The normalized spacial score (nSPS) is 15.6. The summed E-state index contributed by atoms with van der Waals surface area (Å²) >= 11 is 1.28. The van der Waals surface area contributed by atoms with Crippen LogP contribution in [0.2, 0.25) is 0 Å². The number of hydrogen-bond donors (Lipinski definition) is 1. The van der Waals surface area contributed by atoms with Gasteiger partial charge in [-0.3, -0.25) is 9.36 Å². The Morgan fingerprint density at radius 2 is 1.82 bits per heavy atom. The molecule has 0 atom stereocenters. The third-order valence-electron chi connectivity index (χ3n) is 6.07. The Labute approximate surface area is 196 Å². The fourth-order valence-corrected chi connectivity index (χ4v) is 4.91. The van der Waals surface area contributed by atoms with Crippen LogP contribution in [0, 0.1) is 17.7 Å². The van der Waals surface area contributed by atoms with Gasteiger partial charge in [-0.05, 0) is 80.8 Å².